The summed E-state index contributed by atoms with van der Waals surface area (Å²) < 4.78 is 7.38. The molecule has 24 heavy (non-hydrogen) atoms. The summed E-state index contributed by atoms with van der Waals surface area (Å²) in [7, 11) is 0. The van der Waals surface area contributed by atoms with Gasteiger partial charge in [-0.05, 0) is 25.7 Å². The van der Waals surface area contributed by atoms with Crippen molar-refractivity contribution < 1.29 is 9.53 Å². The maximum atomic E-state index is 11.4. The zero-order valence-corrected chi connectivity index (χ0v) is 16.2. The zero-order chi connectivity index (χ0) is 16.4. The van der Waals surface area contributed by atoms with Gasteiger partial charge in [-0.15, -0.1) is 24.0 Å². The van der Waals surface area contributed by atoms with Gasteiger partial charge < -0.3 is 21.1 Å². The lowest BCUT2D eigenvalue weighted by atomic mass is 9.94. The molecule has 2 atom stereocenters. The first kappa shape index (κ1) is 19.0. The van der Waals surface area contributed by atoms with Crippen LogP contribution in [0.4, 0.5) is 0 Å². The second-order valence-electron chi connectivity index (χ2n) is 6.28. The maximum Gasteiger partial charge on any atom is 0.252 e. The Kier molecular flexibility index (Phi) is 6.44. The van der Waals surface area contributed by atoms with E-state index in [0.29, 0.717) is 30.6 Å². The van der Waals surface area contributed by atoms with Gasteiger partial charge in [0, 0.05) is 26.2 Å². The monoisotopic (exact) mass is 448 g/mol. The highest BCUT2D eigenvalue weighted by Crippen LogP contribution is 2.23. The van der Waals surface area contributed by atoms with Crippen LogP contribution in [0.1, 0.15) is 29.4 Å². The van der Waals surface area contributed by atoms with Crippen molar-refractivity contribution in [2.45, 2.75) is 32.4 Å². The number of primary amides is 1. The van der Waals surface area contributed by atoms with E-state index in [0.717, 1.165) is 38.2 Å². The molecule has 2 aliphatic heterocycles. The first-order valence-corrected chi connectivity index (χ1v) is 8.05. The van der Waals surface area contributed by atoms with Crippen LogP contribution in [-0.4, -0.2) is 58.9 Å². The molecule has 0 spiro atoms. The third-order valence-electron chi connectivity index (χ3n) is 4.52. The lowest BCUT2D eigenvalue weighted by Crippen LogP contribution is -2.48. The first-order chi connectivity index (χ1) is 11.0. The van der Waals surface area contributed by atoms with E-state index >= 15 is 0 Å². The van der Waals surface area contributed by atoms with Crippen LogP contribution in [0.2, 0.25) is 0 Å². The predicted molar refractivity (Wildman–Crippen MR) is 101 cm³/mol. The fourth-order valence-electron chi connectivity index (χ4n) is 3.21. The molecule has 1 aromatic heterocycles. The molecule has 0 aliphatic carbocycles. The number of nitrogens with zero attached hydrogens (tertiary/aromatic N) is 4. The van der Waals surface area contributed by atoms with E-state index in [-0.39, 0.29) is 30.1 Å². The number of aliphatic imine (C=N–C) groups is 1. The van der Waals surface area contributed by atoms with Crippen LogP contribution in [-0.2, 0) is 17.7 Å². The summed E-state index contributed by atoms with van der Waals surface area (Å²) in [5.41, 5.74) is 13.0. The predicted octanol–water partition coefficient (Wildman–Crippen LogP) is 0.198. The van der Waals surface area contributed by atoms with E-state index in [2.05, 4.69) is 15.0 Å². The highest BCUT2D eigenvalue weighted by Gasteiger charge is 2.24. The van der Waals surface area contributed by atoms with Crippen LogP contribution >= 0.6 is 24.0 Å². The number of carbonyl (C=O) groups is 1. The Morgan fingerprint density at radius 3 is 2.96 bits per heavy atom. The van der Waals surface area contributed by atoms with Crippen molar-refractivity contribution in [2.24, 2.45) is 22.4 Å². The number of guanidine groups is 1. The number of hydrogen-bond donors (Lipinski definition) is 2. The minimum Gasteiger partial charge on any atom is -0.375 e. The van der Waals surface area contributed by atoms with E-state index < -0.39 is 5.91 Å². The van der Waals surface area contributed by atoms with Gasteiger partial charge in [0.25, 0.3) is 5.91 Å². The number of nitrogens with two attached hydrogens (primary N) is 2. The van der Waals surface area contributed by atoms with Crippen molar-refractivity contribution in [2.75, 3.05) is 26.2 Å². The average Bonchev–Trinajstić information content (AvgIpc) is 2.96. The Bertz CT molecular complexity index is 617. The molecule has 1 saturated heterocycles. The second-order valence-corrected chi connectivity index (χ2v) is 6.28. The number of rotatable bonds is 3. The average molecular weight is 448 g/mol. The molecule has 0 radical (unpaired) electrons. The van der Waals surface area contributed by atoms with E-state index in [1.807, 2.05) is 11.6 Å². The van der Waals surface area contributed by atoms with E-state index in [1.54, 1.807) is 6.20 Å². The molecular formula is C15H25IN6O2. The summed E-state index contributed by atoms with van der Waals surface area (Å²) in [4.78, 5) is 18.1. The molecule has 134 valence electrons. The van der Waals surface area contributed by atoms with Crippen molar-refractivity contribution in [3.63, 3.8) is 0 Å². The summed E-state index contributed by atoms with van der Waals surface area (Å²) in [5, 5.41) is 4.22. The SMILES string of the molecule is CC1CN(C(N)=NCC2CCn3ncc(C(N)=O)c3C2)CCO1.I. The molecule has 1 aromatic rings. The number of morpholine rings is 1. The lowest BCUT2D eigenvalue weighted by molar-refractivity contribution is 0.00527. The van der Waals surface area contributed by atoms with Gasteiger partial charge in [0.2, 0.25) is 0 Å². The topological polar surface area (TPSA) is 112 Å². The molecule has 2 unspecified atom stereocenters. The Morgan fingerprint density at radius 1 is 1.46 bits per heavy atom. The lowest BCUT2D eigenvalue weighted by Gasteiger charge is -2.32. The first-order valence-electron chi connectivity index (χ1n) is 8.05. The minimum atomic E-state index is -0.419. The minimum absolute atomic E-state index is 0. The molecule has 3 rings (SSSR count). The summed E-state index contributed by atoms with van der Waals surface area (Å²) in [6, 6.07) is 0. The molecular weight excluding hydrogens is 423 g/mol. The van der Waals surface area contributed by atoms with E-state index in [9.17, 15) is 4.79 Å². The largest absolute Gasteiger partial charge is 0.375 e. The molecule has 0 aromatic carbocycles. The van der Waals surface area contributed by atoms with Crippen molar-refractivity contribution in [3.05, 3.63) is 17.5 Å². The van der Waals surface area contributed by atoms with Gasteiger partial charge in [-0.25, -0.2) is 0 Å². The van der Waals surface area contributed by atoms with Crippen molar-refractivity contribution >= 4 is 35.8 Å². The normalized spacial score (nSPS) is 24.2. The molecule has 1 fully saturated rings. The van der Waals surface area contributed by atoms with Crippen LogP contribution in [0.15, 0.2) is 11.2 Å². The van der Waals surface area contributed by atoms with Crippen LogP contribution in [0.3, 0.4) is 0 Å². The smallest absolute Gasteiger partial charge is 0.252 e. The summed E-state index contributed by atoms with van der Waals surface area (Å²) in [5.74, 6) is 0.515. The summed E-state index contributed by atoms with van der Waals surface area (Å²) >= 11 is 0. The molecule has 2 aliphatic rings. The maximum absolute atomic E-state index is 11.4. The second kappa shape index (κ2) is 8.15. The standard InChI is InChI=1S/C15H24N6O2.HI/c1-10-9-20(4-5-23-10)15(17)18-7-11-2-3-21-13(6-11)12(8-19-21)14(16)22;/h8,10-11H,2-7,9H2,1H3,(H2,16,22)(H2,17,18);1H. The molecule has 9 heteroatoms. The van der Waals surface area contributed by atoms with Crippen LogP contribution < -0.4 is 11.5 Å². The number of carbonyl (C=O) groups excluding carboxylic acids is 1. The van der Waals surface area contributed by atoms with Gasteiger partial charge in [-0.2, -0.15) is 5.10 Å². The fraction of sp³-hybridized carbons (Fsp3) is 0.667. The van der Waals surface area contributed by atoms with E-state index in [1.165, 1.54) is 0 Å². The van der Waals surface area contributed by atoms with Crippen molar-refractivity contribution in [1.82, 2.24) is 14.7 Å². The number of fused-ring (bicyclic) bond motifs is 1. The zero-order valence-electron chi connectivity index (χ0n) is 13.9. The van der Waals surface area contributed by atoms with Crippen LogP contribution in [0.25, 0.3) is 0 Å². The van der Waals surface area contributed by atoms with Gasteiger partial charge in [-0.1, -0.05) is 0 Å². The Labute approximate surface area is 158 Å². The number of aromatic nitrogens is 2. The van der Waals surface area contributed by atoms with Crippen LogP contribution in [0.5, 0.6) is 0 Å². The third kappa shape index (κ3) is 4.18. The molecule has 8 nitrogen and oxygen atoms in total. The molecule has 0 bridgehead atoms. The quantitative estimate of drug-likeness (QED) is 0.390. The molecule has 1 amide bonds. The Balaban J connectivity index is 0.00000208. The van der Waals surface area contributed by atoms with Gasteiger partial charge in [0.05, 0.1) is 30.2 Å². The summed E-state index contributed by atoms with van der Waals surface area (Å²) in [6.45, 7) is 5.72. The van der Waals surface area contributed by atoms with Crippen molar-refractivity contribution in [3.8, 4) is 0 Å². The van der Waals surface area contributed by atoms with Crippen molar-refractivity contribution in [1.29, 1.82) is 0 Å². The molecule has 4 N–H and O–H groups in total. The molecule has 3 heterocycles. The van der Waals surface area contributed by atoms with Crippen LogP contribution in [0, 0.1) is 5.92 Å². The Hall–Kier alpha value is -1.36. The Morgan fingerprint density at radius 2 is 2.25 bits per heavy atom. The van der Waals surface area contributed by atoms with Gasteiger partial charge in [0.15, 0.2) is 5.96 Å². The number of aryl methyl sites for hydroxylation is 1. The number of ether oxygens (including phenoxy) is 1. The number of hydrogen-bond acceptors (Lipinski definition) is 4. The number of halogens is 1. The van der Waals surface area contributed by atoms with Gasteiger partial charge >= 0.3 is 0 Å². The molecule has 0 saturated carbocycles. The van der Waals surface area contributed by atoms with Gasteiger partial charge in [-0.3, -0.25) is 14.5 Å². The highest BCUT2D eigenvalue weighted by atomic mass is 127. The summed E-state index contributed by atoms with van der Waals surface area (Å²) in [6.07, 6.45) is 3.48. The van der Waals surface area contributed by atoms with Gasteiger partial charge in [0.1, 0.15) is 0 Å². The number of amides is 1. The van der Waals surface area contributed by atoms with E-state index in [4.69, 9.17) is 16.2 Å². The third-order valence-corrected chi connectivity index (χ3v) is 4.52. The highest BCUT2D eigenvalue weighted by molar-refractivity contribution is 14.0. The fourth-order valence-corrected chi connectivity index (χ4v) is 3.21.